The second kappa shape index (κ2) is 6.24. The van der Waals surface area contributed by atoms with E-state index in [4.69, 9.17) is 0 Å². The number of ether oxygens (including phenoxy) is 1. The number of benzene rings is 1. The van der Waals surface area contributed by atoms with Crippen molar-refractivity contribution in [3.8, 4) is 5.75 Å². The van der Waals surface area contributed by atoms with Crippen LogP contribution >= 0.6 is 0 Å². The van der Waals surface area contributed by atoms with Crippen LogP contribution in [0.4, 0.5) is 48.3 Å². The van der Waals surface area contributed by atoms with E-state index in [1.165, 1.54) is 0 Å². The zero-order chi connectivity index (χ0) is 20.8. The summed E-state index contributed by atoms with van der Waals surface area (Å²) in [6, 6.07) is -6.77. The molecule has 26 heavy (non-hydrogen) atoms. The van der Waals surface area contributed by atoms with Crippen LogP contribution in [0.15, 0.2) is 0 Å². The molecule has 0 fully saturated rings. The summed E-state index contributed by atoms with van der Waals surface area (Å²) in [7, 11) is 0. The van der Waals surface area contributed by atoms with Gasteiger partial charge >= 0.3 is 23.9 Å². The second-order valence-electron chi connectivity index (χ2n) is 4.24. The number of carbonyl (C=O) groups is 1. The van der Waals surface area contributed by atoms with Gasteiger partial charge in [0.15, 0.2) is 0 Å². The second-order valence-corrected chi connectivity index (χ2v) is 4.24. The van der Waals surface area contributed by atoms with Crippen LogP contribution in [0.25, 0.3) is 0 Å². The van der Waals surface area contributed by atoms with Crippen molar-refractivity contribution >= 4 is 5.97 Å². The van der Waals surface area contributed by atoms with Gasteiger partial charge < -0.3 is 4.74 Å². The van der Waals surface area contributed by atoms with Gasteiger partial charge in [0.25, 0.3) is 0 Å². The molecule has 1 aromatic rings. The van der Waals surface area contributed by atoms with Gasteiger partial charge in [-0.05, 0) is 0 Å². The SMILES string of the molecule is O=C(Oc1c(F)c(F)c(F)c(F)c1F)C(F)(F)C(F)(F)C(F)(F)[N+](=O)[O-]. The predicted molar refractivity (Wildman–Crippen MR) is 53.7 cm³/mol. The summed E-state index contributed by atoms with van der Waals surface area (Å²) in [5.41, 5.74) is 0. The minimum Gasteiger partial charge on any atom is -0.415 e. The molecular formula is C10F11NO4. The Kier molecular flexibility index (Phi) is 5.13. The molecule has 1 rings (SSSR count). The van der Waals surface area contributed by atoms with Crippen LogP contribution in [0, 0.1) is 39.2 Å². The van der Waals surface area contributed by atoms with E-state index in [2.05, 4.69) is 4.74 Å². The highest BCUT2D eigenvalue weighted by Gasteiger charge is 2.84. The summed E-state index contributed by atoms with van der Waals surface area (Å²) < 4.78 is 145. The van der Waals surface area contributed by atoms with Crippen molar-refractivity contribution in [3.63, 3.8) is 0 Å². The van der Waals surface area contributed by atoms with Crippen LogP contribution < -0.4 is 4.74 Å². The van der Waals surface area contributed by atoms with Gasteiger partial charge in [0.1, 0.15) is 4.92 Å². The van der Waals surface area contributed by atoms with Crippen molar-refractivity contribution < 1.29 is 62.7 Å². The van der Waals surface area contributed by atoms with Crippen LogP contribution in [0.1, 0.15) is 0 Å². The number of esters is 1. The summed E-state index contributed by atoms with van der Waals surface area (Å²) in [6.45, 7) is 0. The van der Waals surface area contributed by atoms with E-state index in [0.29, 0.717) is 0 Å². The topological polar surface area (TPSA) is 69.4 Å². The fourth-order valence-corrected chi connectivity index (χ4v) is 1.26. The van der Waals surface area contributed by atoms with Gasteiger partial charge in [-0.1, -0.05) is 0 Å². The maximum Gasteiger partial charge on any atom is 0.583 e. The maximum absolute atomic E-state index is 13.2. The third kappa shape index (κ3) is 2.88. The molecule has 0 saturated carbocycles. The third-order valence-electron chi connectivity index (χ3n) is 2.62. The van der Waals surface area contributed by atoms with Crippen molar-refractivity contribution in [2.24, 2.45) is 0 Å². The zero-order valence-electron chi connectivity index (χ0n) is 11.2. The van der Waals surface area contributed by atoms with E-state index in [1.54, 1.807) is 0 Å². The lowest BCUT2D eigenvalue weighted by molar-refractivity contribution is -0.682. The van der Waals surface area contributed by atoms with E-state index in [0.717, 1.165) is 0 Å². The van der Waals surface area contributed by atoms with Gasteiger partial charge in [0.05, 0.1) is 0 Å². The Morgan fingerprint density at radius 3 is 1.50 bits per heavy atom. The van der Waals surface area contributed by atoms with Gasteiger partial charge in [-0.3, -0.25) is 10.1 Å². The fraction of sp³-hybridized carbons (Fsp3) is 0.300. The number of carbonyl (C=O) groups excluding carboxylic acids is 1. The first-order valence-electron chi connectivity index (χ1n) is 5.53. The maximum atomic E-state index is 13.2. The average molecular weight is 407 g/mol. The molecule has 0 aromatic heterocycles. The molecule has 0 aliphatic rings. The monoisotopic (exact) mass is 407 g/mol. The lowest BCUT2D eigenvalue weighted by Gasteiger charge is -2.25. The van der Waals surface area contributed by atoms with E-state index in [1.807, 2.05) is 0 Å². The molecule has 0 bridgehead atoms. The quantitative estimate of drug-likeness (QED) is 0.110. The van der Waals surface area contributed by atoms with E-state index in [-0.39, 0.29) is 0 Å². The number of hydrogen-bond acceptors (Lipinski definition) is 4. The lowest BCUT2D eigenvalue weighted by Crippen LogP contribution is -2.61. The summed E-state index contributed by atoms with van der Waals surface area (Å²) >= 11 is 0. The van der Waals surface area contributed by atoms with Gasteiger partial charge in [0, 0.05) is 0 Å². The van der Waals surface area contributed by atoms with Crippen molar-refractivity contribution in [2.45, 2.75) is 17.9 Å². The molecule has 0 N–H and O–H groups in total. The highest BCUT2D eigenvalue weighted by atomic mass is 19.3. The van der Waals surface area contributed by atoms with Crippen molar-refractivity contribution in [1.82, 2.24) is 0 Å². The predicted octanol–water partition coefficient (Wildman–Crippen LogP) is 3.43. The summed E-state index contributed by atoms with van der Waals surface area (Å²) in [4.78, 5) is 17.4. The number of halogens is 11. The number of alkyl halides is 6. The minimum absolute atomic E-state index is 2.81. The van der Waals surface area contributed by atoms with Gasteiger partial charge in [-0.25, -0.2) is 18.0 Å². The van der Waals surface area contributed by atoms with Crippen molar-refractivity contribution in [2.75, 3.05) is 0 Å². The van der Waals surface area contributed by atoms with Crippen molar-refractivity contribution in [3.05, 3.63) is 39.2 Å². The van der Waals surface area contributed by atoms with Crippen LogP contribution in [0.2, 0.25) is 0 Å². The first-order chi connectivity index (χ1) is 11.5. The first-order valence-corrected chi connectivity index (χ1v) is 5.53. The zero-order valence-corrected chi connectivity index (χ0v) is 11.2. The molecule has 0 heterocycles. The van der Waals surface area contributed by atoms with Crippen molar-refractivity contribution in [1.29, 1.82) is 0 Å². The summed E-state index contributed by atoms with van der Waals surface area (Å²) in [6.07, 6.45) is 0. The van der Waals surface area contributed by atoms with E-state index in [9.17, 15) is 63.2 Å². The standard InChI is InChI=1S/C10F11NO4/c11-1-2(12)4(14)6(5(15)3(1)13)26-7(23)8(16,17)9(18,19)10(20,21)22(24)25. The molecule has 1 aromatic carbocycles. The molecule has 5 nitrogen and oxygen atoms in total. The third-order valence-corrected chi connectivity index (χ3v) is 2.62. The fourth-order valence-electron chi connectivity index (χ4n) is 1.26. The highest BCUT2D eigenvalue weighted by Crippen LogP contribution is 2.46. The number of hydrogen-bond donors (Lipinski definition) is 0. The Morgan fingerprint density at radius 2 is 1.15 bits per heavy atom. The molecule has 0 amide bonds. The average Bonchev–Trinajstić information content (AvgIpc) is 2.54. The number of nitro groups is 1. The van der Waals surface area contributed by atoms with Crippen LogP contribution in [-0.2, 0) is 4.79 Å². The molecule has 0 saturated heterocycles. The Bertz CT molecular complexity index is 750. The Labute approximate surface area is 133 Å². The summed E-state index contributed by atoms with van der Waals surface area (Å²) in [5.74, 6) is -35.4. The minimum atomic E-state index is -7.11. The molecule has 0 aliphatic heterocycles. The van der Waals surface area contributed by atoms with Gasteiger partial charge in [0.2, 0.25) is 34.8 Å². The first kappa shape index (κ1) is 21.4. The largest absolute Gasteiger partial charge is 0.583 e. The van der Waals surface area contributed by atoms with Crippen LogP contribution in [-0.4, -0.2) is 28.8 Å². The highest BCUT2D eigenvalue weighted by molar-refractivity contribution is 5.81. The molecule has 0 unspecified atom stereocenters. The molecule has 0 aliphatic carbocycles. The number of nitrogens with zero attached hydrogens (tertiary/aromatic N) is 1. The van der Waals surface area contributed by atoms with E-state index >= 15 is 0 Å². The Balaban J connectivity index is 3.41. The molecular weight excluding hydrogens is 407 g/mol. The molecule has 0 spiro atoms. The van der Waals surface area contributed by atoms with Crippen LogP contribution in [0.5, 0.6) is 5.75 Å². The number of rotatable bonds is 5. The lowest BCUT2D eigenvalue weighted by atomic mass is 10.1. The molecule has 16 heteroatoms. The molecule has 0 radical (unpaired) electrons. The smallest absolute Gasteiger partial charge is 0.415 e. The van der Waals surface area contributed by atoms with Crippen LogP contribution in [0.3, 0.4) is 0 Å². The Hall–Kier alpha value is -2.68. The molecule has 0 atom stereocenters. The Morgan fingerprint density at radius 1 is 0.808 bits per heavy atom. The molecule has 146 valence electrons. The summed E-state index contributed by atoms with van der Waals surface area (Å²) in [5, 5.41) is 9.76. The van der Waals surface area contributed by atoms with E-state index < -0.39 is 63.6 Å². The van der Waals surface area contributed by atoms with Gasteiger partial charge in [-0.2, -0.15) is 26.3 Å². The van der Waals surface area contributed by atoms with Gasteiger partial charge in [-0.15, -0.1) is 8.78 Å². The normalized spacial score (nSPS) is 12.9.